The van der Waals surface area contributed by atoms with Crippen LogP contribution in [0.2, 0.25) is 0 Å². The van der Waals surface area contributed by atoms with Crippen molar-refractivity contribution in [3.8, 4) is 17.0 Å². The first-order valence-electron chi connectivity index (χ1n) is 10.4. The zero-order valence-corrected chi connectivity index (χ0v) is 17.5. The van der Waals surface area contributed by atoms with Crippen LogP contribution in [0.3, 0.4) is 0 Å². The smallest absolute Gasteiger partial charge is 0.352 e. The maximum Gasteiger partial charge on any atom is 0.352 e. The van der Waals surface area contributed by atoms with Crippen LogP contribution in [0.1, 0.15) is 16.1 Å². The van der Waals surface area contributed by atoms with Crippen molar-refractivity contribution in [2.45, 2.75) is 13.5 Å². The van der Waals surface area contributed by atoms with Crippen LogP contribution < -0.4 is 4.74 Å². The number of benzene rings is 2. The first-order valence-corrected chi connectivity index (χ1v) is 10.4. The summed E-state index contributed by atoms with van der Waals surface area (Å²) in [5.41, 5.74) is 4.74. The van der Waals surface area contributed by atoms with Crippen molar-refractivity contribution in [1.82, 2.24) is 14.5 Å². The highest BCUT2D eigenvalue weighted by atomic mass is 16.5. The Morgan fingerprint density at radius 2 is 1.84 bits per heavy atom. The van der Waals surface area contributed by atoms with Crippen molar-refractivity contribution >= 4 is 27.8 Å². The number of nitrogens with zero attached hydrogens (tertiary/aromatic N) is 3. The number of rotatable bonds is 6. The minimum atomic E-state index is -0.981. The molecule has 5 aromatic rings. The molecule has 5 rings (SSSR count). The monoisotopic (exact) mass is 423 g/mol. The van der Waals surface area contributed by atoms with Gasteiger partial charge in [0.05, 0.1) is 23.3 Å². The van der Waals surface area contributed by atoms with Gasteiger partial charge in [0, 0.05) is 28.7 Å². The second-order valence-corrected chi connectivity index (χ2v) is 7.62. The van der Waals surface area contributed by atoms with Crippen LogP contribution in [0.15, 0.2) is 79.1 Å². The Labute approximate surface area is 184 Å². The molecule has 3 heterocycles. The van der Waals surface area contributed by atoms with E-state index >= 15 is 0 Å². The summed E-state index contributed by atoms with van der Waals surface area (Å²) in [5, 5.41) is 11.6. The first-order chi connectivity index (χ1) is 15.6. The van der Waals surface area contributed by atoms with E-state index in [1.165, 1.54) is 0 Å². The Hall–Kier alpha value is -4.19. The summed E-state index contributed by atoms with van der Waals surface area (Å²) < 4.78 is 7.82. The van der Waals surface area contributed by atoms with Gasteiger partial charge in [-0.15, -0.1) is 0 Å². The molecule has 0 radical (unpaired) electrons. The number of ether oxygens (including phenoxy) is 1. The molecule has 6 nitrogen and oxygen atoms in total. The number of carboxylic acids is 1. The summed E-state index contributed by atoms with van der Waals surface area (Å²) in [6.07, 6.45) is 3.47. The third-order valence-electron chi connectivity index (χ3n) is 5.52. The van der Waals surface area contributed by atoms with Crippen molar-refractivity contribution in [3.05, 3.63) is 90.4 Å². The van der Waals surface area contributed by atoms with Gasteiger partial charge in [0.25, 0.3) is 0 Å². The average molecular weight is 423 g/mol. The van der Waals surface area contributed by atoms with Crippen LogP contribution in [0.4, 0.5) is 0 Å². The fourth-order valence-electron chi connectivity index (χ4n) is 4.07. The van der Waals surface area contributed by atoms with Gasteiger partial charge in [-0.3, -0.25) is 9.97 Å². The molecule has 0 aliphatic carbocycles. The molecular weight excluding hydrogens is 402 g/mol. The second kappa shape index (κ2) is 8.15. The Kier molecular flexibility index (Phi) is 5.03. The van der Waals surface area contributed by atoms with Gasteiger partial charge in [0.15, 0.2) is 0 Å². The molecule has 6 heteroatoms. The quantitative estimate of drug-likeness (QED) is 0.399. The maximum absolute atomic E-state index is 12.0. The van der Waals surface area contributed by atoms with Gasteiger partial charge in [0.2, 0.25) is 0 Å². The molecule has 158 valence electrons. The van der Waals surface area contributed by atoms with Crippen molar-refractivity contribution in [2.75, 3.05) is 6.61 Å². The molecule has 0 atom stereocenters. The van der Waals surface area contributed by atoms with Gasteiger partial charge in [-0.1, -0.05) is 29.8 Å². The number of fused-ring (bicyclic) bond motifs is 2. The number of aromatic nitrogens is 3. The molecule has 0 unspecified atom stereocenters. The molecule has 0 saturated heterocycles. The standard InChI is InChI=1S/C26H21N3O3/c1-17-5-2-6-18(15-17)25-20-16-23(26(30)31)29(22(20)10-12-28-25)13-14-32-24-9-3-8-21-19(24)7-4-11-27-21/h2-12,15-16H,13-14H2,1H3,(H,30,31). The number of hydrogen-bond acceptors (Lipinski definition) is 4. The van der Waals surface area contributed by atoms with E-state index in [2.05, 4.69) is 16.0 Å². The lowest BCUT2D eigenvalue weighted by molar-refractivity contribution is 0.0684. The van der Waals surface area contributed by atoms with Gasteiger partial charge < -0.3 is 14.4 Å². The predicted molar refractivity (Wildman–Crippen MR) is 124 cm³/mol. The van der Waals surface area contributed by atoms with Gasteiger partial charge in [-0.05, 0) is 49.4 Å². The Morgan fingerprint density at radius 1 is 0.969 bits per heavy atom. The molecule has 0 bridgehead atoms. The number of pyridine rings is 2. The summed E-state index contributed by atoms with van der Waals surface area (Å²) >= 11 is 0. The molecule has 1 N–H and O–H groups in total. The van der Waals surface area contributed by atoms with Crippen LogP contribution in [0, 0.1) is 6.92 Å². The van der Waals surface area contributed by atoms with Crippen LogP contribution in [0.5, 0.6) is 5.75 Å². The van der Waals surface area contributed by atoms with Gasteiger partial charge >= 0.3 is 5.97 Å². The lowest BCUT2D eigenvalue weighted by Crippen LogP contribution is -2.13. The number of carboxylic acid groups (broad SMARTS) is 1. The number of hydrogen-bond donors (Lipinski definition) is 1. The van der Waals surface area contributed by atoms with E-state index in [1.54, 1.807) is 23.0 Å². The van der Waals surface area contributed by atoms with Gasteiger partial charge in [-0.25, -0.2) is 4.79 Å². The number of carbonyl (C=O) groups is 1. The van der Waals surface area contributed by atoms with E-state index in [0.717, 1.165) is 44.4 Å². The number of aromatic carboxylic acids is 1. The van der Waals surface area contributed by atoms with Gasteiger partial charge in [0.1, 0.15) is 18.1 Å². The maximum atomic E-state index is 12.0. The first kappa shape index (κ1) is 19.8. The van der Waals surface area contributed by atoms with Crippen molar-refractivity contribution in [1.29, 1.82) is 0 Å². The molecular formula is C26H21N3O3. The minimum absolute atomic E-state index is 0.213. The molecule has 0 saturated carbocycles. The van der Waals surface area contributed by atoms with Crippen LogP contribution in [-0.4, -0.2) is 32.2 Å². The predicted octanol–water partition coefficient (Wildman–Crippen LogP) is 5.34. The summed E-state index contributed by atoms with van der Waals surface area (Å²) in [4.78, 5) is 20.9. The van der Waals surface area contributed by atoms with Crippen LogP contribution in [-0.2, 0) is 6.54 Å². The molecule has 0 aliphatic heterocycles. The summed E-state index contributed by atoms with van der Waals surface area (Å²) in [6.45, 7) is 2.73. The van der Waals surface area contributed by atoms with E-state index < -0.39 is 5.97 Å². The summed E-state index contributed by atoms with van der Waals surface area (Å²) in [6, 6.07) is 21.2. The fraction of sp³-hybridized carbons (Fsp3) is 0.115. The summed E-state index contributed by atoms with van der Waals surface area (Å²) in [5.74, 6) is -0.253. The average Bonchev–Trinajstić information content (AvgIpc) is 3.18. The Morgan fingerprint density at radius 3 is 2.69 bits per heavy atom. The zero-order chi connectivity index (χ0) is 22.1. The molecule has 2 aromatic carbocycles. The molecule has 32 heavy (non-hydrogen) atoms. The van der Waals surface area contributed by atoms with E-state index in [9.17, 15) is 9.90 Å². The highest BCUT2D eigenvalue weighted by molar-refractivity contribution is 6.00. The molecule has 0 spiro atoms. The molecule has 0 amide bonds. The summed E-state index contributed by atoms with van der Waals surface area (Å²) in [7, 11) is 0. The zero-order valence-electron chi connectivity index (χ0n) is 17.5. The normalized spacial score (nSPS) is 11.2. The Bertz CT molecular complexity index is 1450. The fourth-order valence-corrected chi connectivity index (χ4v) is 4.07. The lowest BCUT2D eigenvalue weighted by Gasteiger charge is -2.12. The van der Waals surface area contributed by atoms with E-state index in [4.69, 9.17) is 4.74 Å². The largest absolute Gasteiger partial charge is 0.491 e. The molecule has 0 fully saturated rings. The topological polar surface area (TPSA) is 77.2 Å². The Balaban J connectivity index is 1.50. The van der Waals surface area contributed by atoms with Crippen LogP contribution >= 0.6 is 0 Å². The van der Waals surface area contributed by atoms with E-state index in [0.29, 0.717) is 13.2 Å². The van der Waals surface area contributed by atoms with Crippen molar-refractivity contribution in [2.24, 2.45) is 0 Å². The molecule has 3 aromatic heterocycles. The second-order valence-electron chi connectivity index (χ2n) is 7.62. The van der Waals surface area contributed by atoms with E-state index in [1.807, 2.05) is 61.5 Å². The highest BCUT2D eigenvalue weighted by Crippen LogP contribution is 2.30. The van der Waals surface area contributed by atoms with Crippen molar-refractivity contribution < 1.29 is 14.6 Å². The van der Waals surface area contributed by atoms with E-state index in [-0.39, 0.29) is 5.69 Å². The lowest BCUT2D eigenvalue weighted by atomic mass is 10.1. The highest BCUT2D eigenvalue weighted by Gasteiger charge is 2.18. The number of aryl methyl sites for hydroxylation is 1. The minimum Gasteiger partial charge on any atom is -0.491 e. The molecule has 0 aliphatic rings. The third kappa shape index (κ3) is 3.56. The third-order valence-corrected chi connectivity index (χ3v) is 5.52. The van der Waals surface area contributed by atoms with Crippen molar-refractivity contribution in [3.63, 3.8) is 0 Å². The van der Waals surface area contributed by atoms with Crippen LogP contribution in [0.25, 0.3) is 33.1 Å². The SMILES string of the molecule is Cc1cccc(-c2nccc3c2cc(C(=O)O)n3CCOc2cccc3ncccc23)c1. The van der Waals surface area contributed by atoms with Gasteiger partial charge in [-0.2, -0.15) is 0 Å².